The molecule has 0 aromatic carbocycles. The van der Waals surface area contributed by atoms with E-state index >= 15 is 0 Å². The Kier molecular flexibility index (Phi) is 3.70. The zero-order valence-corrected chi connectivity index (χ0v) is 11.9. The second kappa shape index (κ2) is 5.65. The SMILES string of the molecule is COC(=O)C1CCCN1Cc1cc(=O)n2ccccc2n1. The van der Waals surface area contributed by atoms with Crippen molar-refractivity contribution < 1.29 is 9.53 Å². The van der Waals surface area contributed by atoms with Crippen LogP contribution in [0.4, 0.5) is 0 Å². The van der Waals surface area contributed by atoms with E-state index in [1.807, 2.05) is 11.0 Å². The first-order valence-electron chi connectivity index (χ1n) is 6.98. The number of nitrogens with zero attached hydrogens (tertiary/aromatic N) is 3. The smallest absolute Gasteiger partial charge is 0.323 e. The quantitative estimate of drug-likeness (QED) is 0.783. The predicted octanol–water partition coefficient (Wildman–Crippen LogP) is 0.832. The molecule has 0 spiro atoms. The van der Waals surface area contributed by atoms with Crippen LogP contribution in [0.5, 0.6) is 0 Å². The molecule has 21 heavy (non-hydrogen) atoms. The van der Waals surface area contributed by atoms with Gasteiger partial charge in [-0.15, -0.1) is 0 Å². The molecule has 2 aromatic rings. The topological polar surface area (TPSA) is 63.9 Å². The molecule has 1 unspecified atom stereocenters. The summed E-state index contributed by atoms with van der Waals surface area (Å²) in [5.74, 6) is -0.218. The lowest BCUT2D eigenvalue weighted by Crippen LogP contribution is -2.36. The van der Waals surface area contributed by atoms with Gasteiger partial charge in [-0.2, -0.15) is 0 Å². The van der Waals surface area contributed by atoms with Crippen molar-refractivity contribution in [3.8, 4) is 0 Å². The van der Waals surface area contributed by atoms with Crippen LogP contribution in [0.25, 0.3) is 5.65 Å². The van der Waals surface area contributed by atoms with Crippen LogP contribution in [0.1, 0.15) is 18.5 Å². The highest BCUT2D eigenvalue weighted by molar-refractivity contribution is 5.75. The van der Waals surface area contributed by atoms with Gasteiger partial charge in [0.05, 0.1) is 12.8 Å². The molecule has 1 atom stereocenters. The third-order valence-electron chi connectivity index (χ3n) is 3.83. The lowest BCUT2D eigenvalue weighted by molar-refractivity contribution is -0.146. The van der Waals surface area contributed by atoms with Gasteiger partial charge in [0.2, 0.25) is 0 Å². The lowest BCUT2D eigenvalue weighted by Gasteiger charge is -2.21. The number of rotatable bonds is 3. The molecule has 3 heterocycles. The molecule has 0 amide bonds. The van der Waals surface area contributed by atoms with Crippen LogP contribution in [-0.4, -0.2) is 40.0 Å². The molecule has 1 aliphatic heterocycles. The molecule has 6 heteroatoms. The van der Waals surface area contributed by atoms with Gasteiger partial charge in [-0.3, -0.25) is 18.9 Å². The van der Waals surface area contributed by atoms with E-state index in [-0.39, 0.29) is 17.6 Å². The van der Waals surface area contributed by atoms with E-state index in [2.05, 4.69) is 4.98 Å². The summed E-state index contributed by atoms with van der Waals surface area (Å²) in [5, 5.41) is 0. The molecule has 0 saturated carbocycles. The molecule has 0 radical (unpaired) electrons. The summed E-state index contributed by atoms with van der Waals surface area (Å²) in [6.45, 7) is 1.30. The third kappa shape index (κ3) is 2.67. The molecule has 0 aliphatic carbocycles. The molecular weight excluding hydrogens is 270 g/mol. The maximum absolute atomic E-state index is 12.1. The summed E-state index contributed by atoms with van der Waals surface area (Å²) >= 11 is 0. The van der Waals surface area contributed by atoms with Crippen molar-refractivity contribution in [2.75, 3.05) is 13.7 Å². The molecule has 6 nitrogen and oxygen atoms in total. The van der Waals surface area contributed by atoms with Gasteiger partial charge in [0.25, 0.3) is 5.56 Å². The van der Waals surface area contributed by atoms with Crippen molar-refractivity contribution in [2.45, 2.75) is 25.4 Å². The molecule has 0 N–H and O–H groups in total. The summed E-state index contributed by atoms with van der Waals surface area (Å²) < 4.78 is 6.33. The highest BCUT2D eigenvalue weighted by Gasteiger charge is 2.31. The Morgan fingerprint density at radius 3 is 3.14 bits per heavy atom. The van der Waals surface area contributed by atoms with Crippen LogP contribution in [-0.2, 0) is 16.1 Å². The number of carbonyl (C=O) groups is 1. The van der Waals surface area contributed by atoms with Crippen molar-refractivity contribution >= 4 is 11.6 Å². The first-order valence-corrected chi connectivity index (χ1v) is 6.98. The monoisotopic (exact) mass is 287 g/mol. The highest BCUT2D eigenvalue weighted by Crippen LogP contribution is 2.20. The van der Waals surface area contributed by atoms with E-state index in [1.165, 1.54) is 17.6 Å². The normalized spacial score (nSPS) is 19.0. The Hall–Kier alpha value is -2.21. The molecule has 1 saturated heterocycles. The van der Waals surface area contributed by atoms with Gasteiger partial charge >= 0.3 is 5.97 Å². The molecular formula is C15H17N3O3. The second-order valence-corrected chi connectivity index (χ2v) is 5.17. The minimum absolute atomic E-state index is 0.107. The minimum Gasteiger partial charge on any atom is -0.468 e. The minimum atomic E-state index is -0.231. The van der Waals surface area contributed by atoms with E-state index < -0.39 is 0 Å². The van der Waals surface area contributed by atoms with Crippen LogP contribution >= 0.6 is 0 Å². The summed E-state index contributed by atoms with van der Waals surface area (Å²) in [6, 6.07) is 6.74. The van der Waals surface area contributed by atoms with Crippen LogP contribution < -0.4 is 5.56 Å². The summed E-state index contributed by atoms with van der Waals surface area (Å²) in [6.07, 6.45) is 3.44. The van der Waals surface area contributed by atoms with E-state index in [0.29, 0.717) is 17.9 Å². The number of ether oxygens (including phenoxy) is 1. The van der Waals surface area contributed by atoms with Crippen LogP contribution in [0.15, 0.2) is 35.3 Å². The van der Waals surface area contributed by atoms with Crippen molar-refractivity contribution in [1.29, 1.82) is 0 Å². The van der Waals surface area contributed by atoms with Gasteiger partial charge < -0.3 is 4.74 Å². The summed E-state index contributed by atoms with van der Waals surface area (Å²) in [4.78, 5) is 30.3. The van der Waals surface area contributed by atoms with Crippen LogP contribution in [0, 0.1) is 0 Å². The number of hydrogen-bond donors (Lipinski definition) is 0. The Bertz CT molecular complexity index is 725. The fraction of sp³-hybridized carbons (Fsp3) is 0.400. The standard InChI is InChI=1S/C15H17N3O3/c1-21-15(20)12-5-4-7-17(12)10-11-9-14(19)18-8-3-2-6-13(18)16-11/h2-3,6,8-9,12H,4-5,7,10H2,1H3. The highest BCUT2D eigenvalue weighted by atomic mass is 16.5. The molecule has 1 aliphatic rings. The van der Waals surface area contributed by atoms with Crippen LogP contribution in [0.3, 0.4) is 0 Å². The zero-order valence-electron chi connectivity index (χ0n) is 11.9. The van der Waals surface area contributed by atoms with Crippen molar-refractivity contribution in [1.82, 2.24) is 14.3 Å². The van der Waals surface area contributed by atoms with Crippen molar-refractivity contribution in [2.24, 2.45) is 0 Å². The van der Waals surface area contributed by atoms with Crippen molar-refractivity contribution in [3.63, 3.8) is 0 Å². The Morgan fingerprint density at radius 1 is 1.48 bits per heavy atom. The maximum Gasteiger partial charge on any atom is 0.323 e. The average molecular weight is 287 g/mol. The van der Waals surface area contributed by atoms with Gasteiger partial charge in [0.15, 0.2) is 0 Å². The molecule has 2 aromatic heterocycles. The largest absolute Gasteiger partial charge is 0.468 e. The number of fused-ring (bicyclic) bond motifs is 1. The Labute approximate surface area is 122 Å². The average Bonchev–Trinajstić information content (AvgIpc) is 2.94. The maximum atomic E-state index is 12.1. The second-order valence-electron chi connectivity index (χ2n) is 5.17. The van der Waals surface area contributed by atoms with E-state index in [4.69, 9.17) is 4.74 Å². The van der Waals surface area contributed by atoms with Gasteiger partial charge in [0.1, 0.15) is 11.7 Å². The Balaban J connectivity index is 1.88. The predicted molar refractivity (Wildman–Crippen MR) is 76.9 cm³/mol. The first kappa shape index (κ1) is 13.8. The van der Waals surface area contributed by atoms with Gasteiger partial charge in [-0.1, -0.05) is 6.07 Å². The number of pyridine rings is 1. The number of esters is 1. The molecule has 0 bridgehead atoms. The van der Waals surface area contributed by atoms with E-state index in [1.54, 1.807) is 18.3 Å². The van der Waals surface area contributed by atoms with Gasteiger partial charge in [-0.05, 0) is 31.5 Å². The van der Waals surface area contributed by atoms with E-state index in [0.717, 1.165) is 19.4 Å². The fourth-order valence-corrected chi connectivity index (χ4v) is 2.81. The molecule has 110 valence electrons. The van der Waals surface area contributed by atoms with Gasteiger partial charge in [0, 0.05) is 18.8 Å². The number of aromatic nitrogens is 2. The fourth-order valence-electron chi connectivity index (χ4n) is 2.81. The lowest BCUT2D eigenvalue weighted by atomic mass is 10.2. The third-order valence-corrected chi connectivity index (χ3v) is 3.83. The molecule has 1 fully saturated rings. The Morgan fingerprint density at radius 2 is 2.33 bits per heavy atom. The number of likely N-dealkylation sites (tertiary alicyclic amines) is 1. The number of carbonyl (C=O) groups excluding carboxylic acids is 1. The summed E-state index contributed by atoms with van der Waals surface area (Å²) in [7, 11) is 1.40. The summed E-state index contributed by atoms with van der Waals surface area (Å²) in [5.41, 5.74) is 1.19. The zero-order chi connectivity index (χ0) is 14.8. The molecule has 3 rings (SSSR count). The number of methoxy groups -OCH3 is 1. The number of hydrogen-bond acceptors (Lipinski definition) is 5. The van der Waals surface area contributed by atoms with Gasteiger partial charge in [-0.25, -0.2) is 4.98 Å². The van der Waals surface area contributed by atoms with Crippen LogP contribution in [0.2, 0.25) is 0 Å². The first-order chi connectivity index (χ1) is 10.2. The van der Waals surface area contributed by atoms with Crippen molar-refractivity contribution in [3.05, 3.63) is 46.5 Å². The van der Waals surface area contributed by atoms with E-state index in [9.17, 15) is 9.59 Å².